The summed E-state index contributed by atoms with van der Waals surface area (Å²) in [6, 6.07) is 0. The van der Waals surface area contributed by atoms with Crippen molar-refractivity contribution in [3.05, 3.63) is 4.91 Å². The smallest absolute Gasteiger partial charge is 0.125 e. The number of nitrogens with zero attached hydrogens (tertiary/aromatic N) is 2. The lowest BCUT2D eigenvalue weighted by atomic mass is 9.91. The van der Waals surface area contributed by atoms with Crippen LogP contribution in [-0.2, 0) is 14.3 Å². The SMILES string of the molecule is CC(C)(C=O)CCN1CCOCC1.COCCSPN=O. The number of ether oxygens (including phenoxy) is 2. The van der Waals surface area contributed by atoms with Gasteiger partial charge in [-0.2, -0.15) is 0 Å². The number of aldehydes is 1. The Hall–Kier alpha value is -0.0700. The molecule has 0 radical (unpaired) electrons. The molecule has 0 saturated carbocycles. The normalized spacial score (nSPS) is 16.5. The first-order valence-electron chi connectivity index (χ1n) is 7.00. The Labute approximate surface area is 133 Å². The van der Waals surface area contributed by atoms with Gasteiger partial charge in [-0.3, -0.25) is 4.90 Å². The van der Waals surface area contributed by atoms with Crippen molar-refractivity contribution in [2.75, 3.05) is 52.3 Å². The van der Waals surface area contributed by atoms with Crippen molar-refractivity contribution >= 4 is 25.6 Å². The highest BCUT2D eigenvalue weighted by Gasteiger charge is 2.18. The van der Waals surface area contributed by atoms with Crippen molar-refractivity contribution in [1.82, 2.24) is 4.90 Å². The van der Waals surface area contributed by atoms with Gasteiger partial charge in [-0.25, -0.2) is 0 Å². The van der Waals surface area contributed by atoms with E-state index in [4.69, 9.17) is 9.47 Å². The van der Waals surface area contributed by atoms with Crippen molar-refractivity contribution in [2.45, 2.75) is 20.3 Å². The quantitative estimate of drug-likeness (QED) is 0.279. The standard InChI is InChI=1S/C10H19NO2.C3H8NO2PS/c1-10(2,9-12)3-4-11-5-7-13-8-6-11;1-6-2-3-8-7-4-5/h9H,3-8H2,1-2H3;7H,2-3H2,1H3. The number of nitroso groups, excluding NO2 is 1. The Balaban J connectivity index is 0.000000433. The summed E-state index contributed by atoms with van der Waals surface area (Å²) in [6.07, 6.45) is 1.99. The Kier molecular flexibility index (Phi) is 13.5. The topological polar surface area (TPSA) is 68.2 Å². The molecule has 8 heteroatoms. The molecule has 0 aromatic carbocycles. The van der Waals surface area contributed by atoms with E-state index < -0.39 is 0 Å². The van der Waals surface area contributed by atoms with E-state index in [0.29, 0.717) is 6.61 Å². The van der Waals surface area contributed by atoms with E-state index in [1.165, 1.54) is 11.4 Å². The first kappa shape index (κ1) is 20.9. The zero-order valence-corrected chi connectivity index (χ0v) is 15.0. The van der Waals surface area contributed by atoms with Crippen LogP contribution in [0.25, 0.3) is 0 Å². The molecule has 0 spiro atoms. The molecule has 1 saturated heterocycles. The predicted molar refractivity (Wildman–Crippen MR) is 90.2 cm³/mol. The third-order valence-corrected chi connectivity index (χ3v) is 4.78. The molecular formula is C13H27N2O4PS. The molecule has 124 valence electrons. The highest BCUT2D eigenvalue weighted by atomic mass is 32.7. The van der Waals surface area contributed by atoms with Gasteiger partial charge in [0, 0.05) is 31.4 Å². The third kappa shape index (κ3) is 13.3. The largest absolute Gasteiger partial charge is 0.384 e. The molecule has 1 heterocycles. The van der Waals surface area contributed by atoms with Crippen LogP contribution in [0, 0.1) is 10.3 Å². The van der Waals surface area contributed by atoms with Gasteiger partial charge in [0.2, 0.25) is 0 Å². The fraction of sp³-hybridized carbons (Fsp3) is 0.923. The summed E-state index contributed by atoms with van der Waals surface area (Å²) in [5.41, 5.74) is -0.168. The van der Waals surface area contributed by atoms with Crippen LogP contribution in [0.2, 0.25) is 0 Å². The van der Waals surface area contributed by atoms with E-state index >= 15 is 0 Å². The van der Waals surface area contributed by atoms with Gasteiger partial charge in [-0.15, -0.1) is 16.3 Å². The maximum Gasteiger partial charge on any atom is 0.125 e. The van der Waals surface area contributed by atoms with Crippen LogP contribution < -0.4 is 0 Å². The molecule has 0 amide bonds. The maximum absolute atomic E-state index is 10.7. The summed E-state index contributed by atoms with van der Waals surface area (Å²) in [5.74, 6) is 0.862. The molecule has 1 aliphatic heterocycles. The Morgan fingerprint density at radius 1 is 1.43 bits per heavy atom. The molecule has 1 aliphatic rings. The Bertz CT molecular complexity index is 277. The van der Waals surface area contributed by atoms with Crippen LogP contribution in [0.3, 0.4) is 0 Å². The number of carbonyl (C=O) groups is 1. The van der Waals surface area contributed by atoms with Gasteiger partial charge in [0.15, 0.2) is 0 Å². The fourth-order valence-corrected chi connectivity index (χ4v) is 2.60. The van der Waals surface area contributed by atoms with Gasteiger partial charge in [0.1, 0.15) is 14.2 Å². The van der Waals surface area contributed by atoms with Crippen LogP contribution in [0.4, 0.5) is 0 Å². The van der Waals surface area contributed by atoms with E-state index in [2.05, 4.69) is 9.85 Å². The molecule has 0 aromatic rings. The zero-order chi connectivity index (χ0) is 16.0. The van der Waals surface area contributed by atoms with Gasteiger partial charge in [-0.1, -0.05) is 13.8 Å². The lowest BCUT2D eigenvalue weighted by Crippen LogP contribution is -2.38. The monoisotopic (exact) mass is 338 g/mol. The van der Waals surface area contributed by atoms with Crippen LogP contribution in [0.15, 0.2) is 4.95 Å². The van der Waals surface area contributed by atoms with Gasteiger partial charge in [0.25, 0.3) is 0 Å². The summed E-state index contributed by atoms with van der Waals surface area (Å²) in [7, 11) is 1.77. The second-order valence-electron chi connectivity index (χ2n) is 5.33. The molecule has 21 heavy (non-hydrogen) atoms. The zero-order valence-electron chi connectivity index (χ0n) is 13.2. The first-order valence-corrected chi connectivity index (χ1v) is 9.66. The number of morpholine rings is 1. The maximum atomic E-state index is 10.7. The summed E-state index contributed by atoms with van der Waals surface area (Å²) in [5, 5.41) is 0. The van der Waals surface area contributed by atoms with Crippen molar-refractivity contribution < 1.29 is 14.3 Å². The molecule has 0 N–H and O–H groups in total. The summed E-state index contributed by atoms with van der Waals surface area (Å²) < 4.78 is 9.98. The molecule has 0 aliphatic carbocycles. The molecule has 1 atom stereocenters. The Morgan fingerprint density at radius 3 is 2.62 bits per heavy atom. The van der Waals surface area contributed by atoms with Gasteiger partial charge in [-0.05, 0) is 17.9 Å². The van der Waals surface area contributed by atoms with E-state index in [0.717, 1.165) is 51.3 Å². The number of hydrogen-bond donors (Lipinski definition) is 0. The number of carbonyl (C=O) groups excluding carboxylic acids is 1. The predicted octanol–water partition coefficient (Wildman–Crippen LogP) is 2.57. The van der Waals surface area contributed by atoms with E-state index in [9.17, 15) is 9.70 Å². The lowest BCUT2D eigenvalue weighted by molar-refractivity contribution is -0.115. The molecular weight excluding hydrogens is 311 g/mol. The van der Waals surface area contributed by atoms with Gasteiger partial charge < -0.3 is 14.3 Å². The fourth-order valence-electron chi connectivity index (χ4n) is 1.53. The molecule has 0 aromatic heterocycles. The average Bonchev–Trinajstić information content (AvgIpc) is 2.51. The molecule has 0 bridgehead atoms. The van der Waals surface area contributed by atoms with Crippen LogP contribution in [0.1, 0.15) is 20.3 Å². The molecule has 1 unspecified atom stereocenters. The second-order valence-corrected chi connectivity index (χ2v) is 7.81. The van der Waals surface area contributed by atoms with Crippen LogP contribution in [0.5, 0.6) is 0 Å². The minimum atomic E-state index is -0.168. The van der Waals surface area contributed by atoms with E-state index in [1.54, 1.807) is 7.11 Å². The van der Waals surface area contributed by atoms with Crippen molar-refractivity contribution in [1.29, 1.82) is 0 Å². The highest BCUT2D eigenvalue weighted by Crippen LogP contribution is 2.28. The number of rotatable bonds is 9. The van der Waals surface area contributed by atoms with Gasteiger partial charge >= 0.3 is 0 Å². The third-order valence-electron chi connectivity index (χ3n) is 2.99. The molecule has 6 nitrogen and oxygen atoms in total. The molecule has 1 rings (SSSR count). The van der Waals surface area contributed by atoms with Crippen LogP contribution in [-0.4, -0.2) is 63.5 Å². The summed E-state index contributed by atoms with van der Waals surface area (Å²) in [6.45, 7) is 9.37. The van der Waals surface area contributed by atoms with E-state index in [-0.39, 0.29) is 13.3 Å². The van der Waals surface area contributed by atoms with Crippen molar-refractivity contribution in [3.63, 3.8) is 0 Å². The van der Waals surface area contributed by atoms with Crippen molar-refractivity contribution in [3.8, 4) is 0 Å². The highest BCUT2D eigenvalue weighted by molar-refractivity contribution is 8.49. The number of methoxy groups -OCH3 is 1. The second kappa shape index (κ2) is 13.6. The first-order chi connectivity index (χ1) is 10.1. The van der Waals surface area contributed by atoms with Crippen molar-refractivity contribution in [2.24, 2.45) is 10.4 Å². The molecule has 1 fully saturated rings. The lowest BCUT2D eigenvalue weighted by Gasteiger charge is -2.29. The summed E-state index contributed by atoms with van der Waals surface area (Å²) in [4.78, 5) is 25.2. The number of hydrogen-bond acceptors (Lipinski definition) is 7. The van der Waals surface area contributed by atoms with E-state index in [1.807, 2.05) is 13.8 Å². The van der Waals surface area contributed by atoms with Crippen LogP contribution >= 0.6 is 19.3 Å². The average molecular weight is 338 g/mol. The Morgan fingerprint density at radius 2 is 2.10 bits per heavy atom. The summed E-state index contributed by atoms with van der Waals surface area (Å²) >= 11 is 1.50. The minimum Gasteiger partial charge on any atom is -0.384 e. The minimum absolute atomic E-state index is 0.131. The van der Waals surface area contributed by atoms with Gasteiger partial charge in [0.05, 0.1) is 19.8 Å².